The number of hydrogen-bond donors (Lipinski definition) is 0. The van der Waals surface area contributed by atoms with Gasteiger partial charge >= 0.3 is 0 Å². The van der Waals surface area contributed by atoms with Crippen molar-refractivity contribution < 1.29 is 28.4 Å². The van der Waals surface area contributed by atoms with E-state index in [4.69, 9.17) is 40.0 Å². The maximum absolute atomic E-state index is 7.00. The first-order valence-electron chi connectivity index (χ1n) is 14.4. The molecule has 0 saturated heterocycles. The van der Waals surface area contributed by atoms with Gasteiger partial charge in [-0.3, -0.25) is 0 Å². The van der Waals surface area contributed by atoms with Gasteiger partial charge in [0, 0.05) is 7.11 Å². The molecule has 224 valence electrons. The van der Waals surface area contributed by atoms with Gasteiger partial charge in [-0.25, -0.2) is 0 Å². The van der Waals surface area contributed by atoms with E-state index in [9.17, 15) is 0 Å². The van der Waals surface area contributed by atoms with Crippen molar-refractivity contribution in [2.75, 3.05) is 13.7 Å². The van der Waals surface area contributed by atoms with Crippen LogP contribution in [0.2, 0.25) is 0 Å². The largest absolute Gasteiger partial charge is 0.489 e. The fourth-order valence-electron chi connectivity index (χ4n) is 4.83. The molecule has 6 nitrogen and oxygen atoms in total. The molecular formula is C36H37ClO6. The molecule has 0 saturated carbocycles. The predicted molar refractivity (Wildman–Crippen MR) is 166 cm³/mol. The number of hydrogen-bond acceptors (Lipinski definition) is 6. The Labute approximate surface area is 258 Å². The Bertz CT molecular complexity index is 1380. The average molecular weight is 601 g/mol. The van der Waals surface area contributed by atoms with Crippen LogP contribution in [0.15, 0.2) is 132 Å². The molecule has 1 aliphatic rings. The Morgan fingerprint density at radius 3 is 1.58 bits per heavy atom. The van der Waals surface area contributed by atoms with Crippen molar-refractivity contribution >= 4 is 11.6 Å². The summed E-state index contributed by atoms with van der Waals surface area (Å²) in [4.78, 5) is 0. The minimum atomic E-state index is -0.897. The Hall–Kier alpha value is -3.49. The van der Waals surface area contributed by atoms with Gasteiger partial charge in [0.1, 0.15) is 35.7 Å². The summed E-state index contributed by atoms with van der Waals surface area (Å²) < 4.78 is 38.1. The summed E-state index contributed by atoms with van der Waals surface area (Å²) in [6.07, 6.45) is -2.85. The molecule has 0 fully saturated rings. The Balaban J connectivity index is 1.46. The molecule has 43 heavy (non-hydrogen) atoms. The van der Waals surface area contributed by atoms with Crippen LogP contribution in [0.4, 0.5) is 0 Å². The minimum absolute atomic E-state index is 0.218. The Morgan fingerprint density at radius 2 is 1.07 bits per heavy atom. The van der Waals surface area contributed by atoms with Crippen LogP contribution in [0, 0.1) is 0 Å². The van der Waals surface area contributed by atoms with Crippen LogP contribution in [0.1, 0.15) is 22.3 Å². The van der Waals surface area contributed by atoms with Gasteiger partial charge < -0.3 is 28.4 Å². The van der Waals surface area contributed by atoms with Crippen LogP contribution >= 0.6 is 11.6 Å². The lowest BCUT2D eigenvalue weighted by atomic mass is 10.1. The summed E-state index contributed by atoms with van der Waals surface area (Å²) in [6.45, 7) is 1.56. The van der Waals surface area contributed by atoms with E-state index in [2.05, 4.69) is 0 Å². The van der Waals surface area contributed by atoms with Crippen LogP contribution in [0.5, 0.6) is 0 Å². The van der Waals surface area contributed by atoms with Crippen LogP contribution < -0.4 is 0 Å². The van der Waals surface area contributed by atoms with Crippen molar-refractivity contribution in [1.29, 1.82) is 0 Å². The Kier molecular flexibility index (Phi) is 11.8. The molecule has 0 aliphatic carbocycles. The molecule has 1 heterocycles. The van der Waals surface area contributed by atoms with Gasteiger partial charge in [-0.2, -0.15) is 0 Å². The molecule has 0 bridgehead atoms. The highest BCUT2D eigenvalue weighted by molar-refractivity contribution is 6.30. The molecule has 0 spiro atoms. The highest BCUT2D eigenvalue weighted by Gasteiger charge is 2.43. The summed E-state index contributed by atoms with van der Waals surface area (Å²) in [7, 11) is 1.55. The molecule has 7 heteroatoms. The molecule has 0 amide bonds. The van der Waals surface area contributed by atoms with Crippen molar-refractivity contribution in [3.63, 3.8) is 0 Å². The second-order valence-corrected chi connectivity index (χ2v) is 10.6. The number of benzene rings is 4. The summed E-state index contributed by atoms with van der Waals surface area (Å²) in [5.41, 5.74) is 4.07. The molecule has 1 aliphatic heterocycles. The molecule has 0 radical (unpaired) electrons. The molecule has 0 N–H and O–H groups in total. The van der Waals surface area contributed by atoms with E-state index >= 15 is 0 Å². The lowest BCUT2D eigenvalue weighted by Crippen LogP contribution is -2.45. The second-order valence-electron chi connectivity index (χ2n) is 10.2. The van der Waals surface area contributed by atoms with Crippen LogP contribution in [-0.2, 0) is 54.8 Å². The van der Waals surface area contributed by atoms with Crippen molar-refractivity contribution in [2.24, 2.45) is 0 Å². The first-order valence-corrected chi connectivity index (χ1v) is 14.8. The molecule has 5 rings (SSSR count). The van der Waals surface area contributed by atoms with Crippen molar-refractivity contribution in [3.8, 4) is 0 Å². The van der Waals surface area contributed by atoms with Gasteiger partial charge in [0.15, 0.2) is 6.29 Å². The number of rotatable bonds is 14. The first-order chi connectivity index (χ1) is 21.2. The maximum atomic E-state index is 7.00. The standard InChI is InChI=1S/C36H37ClO6/c1-38-36-32(37)34(41-24-29-18-10-4-11-19-29)35(42-25-30-20-12-5-13-21-30)33(40-23-28-16-8-3-9-17-28)31(43-36)26-39-22-27-14-6-2-7-15-27/h2-21,31,33,35-36H,22-26H2,1H3/t31-,33+,35+,36+/m1/s1. The SMILES string of the molecule is CO[C@H]1O[C@H](COCc2ccccc2)[C@H](OCc2ccccc2)[C@H](OCc2ccccc2)C(OCc2ccccc2)=C1Cl. The van der Waals surface area contributed by atoms with Crippen LogP contribution in [0.3, 0.4) is 0 Å². The second kappa shape index (κ2) is 16.4. The zero-order valence-electron chi connectivity index (χ0n) is 24.2. The van der Waals surface area contributed by atoms with E-state index < -0.39 is 24.6 Å². The predicted octanol–water partition coefficient (Wildman–Crippen LogP) is 7.41. The van der Waals surface area contributed by atoms with Gasteiger partial charge in [0.2, 0.25) is 0 Å². The lowest BCUT2D eigenvalue weighted by Gasteiger charge is -2.32. The van der Waals surface area contributed by atoms with E-state index in [-0.39, 0.29) is 18.2 Å². The summed E-state index contributed by atoms with van der Waals surface area (Å²) >= 11 is 7.00. The third-order valence-electron chi connectivity index (χ3n) is 7.07. The topological polar surface area (TPSA) is 55.4 Å². The summed E-state index contributed by atoms with van der Waals surface area (Å²) in [5, 5.41) is 0.273. The summed E-state index contributed by atoms with van der Waals surface area (Å²) in [5.74, 6) is 0.414. The van der Waals surface area contributed by atoms with E-state index in [1.807, 2.05) is 121 Å². The quantitative estimate of drug-likeness (QED) is 0.150. The minimum Gasteiger partial charge on any atom is -0.489 e. The fourth-order valence-corrected chi connectivity index (χ4v) is 5.13. The smallest absolute Gasteiger partial charge is 0.198 e. The average Bonchev–Trinajstić information content (AvgIpc) is 3.17. The Morgan fingerprint density at radius 1 is 0.605 bits per heavy atom. The number of methoxy groups -OCH3 is 1. The zero-order chi connectivity index (χ0) is 29.7. The monoisotopic (exact) mass is 600 g/mol. The normalized spacial score (nSPS) is 20.5. The number of halogens is 1. The molecule has 4 aromatic carbocycles. The fraction of sp³-hybridized carbons (Fsp3) is 0.278. The van der Waals surface area contributed by atoms with Crippen molar-refractivity contribution in [1.82, 2.24) is 0 Å². The lowest BCUT2D eigenvalue weighted by molar-refractivity contribution is -0.201. The van der Waals surface area contributed by atoms with Gasteiger partial charge in [-0.1, -0.05) is 133 Å². The van der Waals surface area contributed by atoms with E-state index in [1.54, 1.807) is 7.11 Å². The summed E-state index contributed by atoms with van der Waals surface area (Å²) in [6, 6.07) is 39.9. The van der Waals surface area contributed by atoms with Crippen LogP contribution in [0.25, 0.3) is 0 Å². The van der Waals surface area contributed by atoms with E-state index in [1.165, 1.54) is 0 Å². The number of ether oxygens (including phenoxy) is 6. The molecular weight excluding hydrogens is 564 g/mol. The molecule has 4 aromatic rings. The van der Waals surface area contributed by atoms with Crippen molar-refractivity contribution in [3.05, 3.63) is 154 Å². The zero-order valence-corrected chi connectivity index (χ0v) is 25.0. The third kappa shape index (κ3) is 9.00. The third-order valence-corrected chi connectivity index (χ3v) is 7.43. The highest BCUT2D eigenvalue weighted by atomic mass is 35.5. The van der Waals surface area contributed by atoms with Crippen LogP contribution in [-0.4, -0.2) is 38.3 Å². The van der Waals surface area contributed by atoms with E-state index in [0.29, 0.717) is 25.6 Å². The molecule has 4 atom stereocenters. The van der Waals surface area contributed by atoms with Crippen molar-refractivity contribution in [2.45, 2.75) is 51.0 Å². The first kappa shape index (κ1) is 31.0. The van der Waals surface area contributed by atoms with Gasteiger partial charge in [-0.05, 0) is 22.3 Å². The highest BCUT2D eigenvalue weighted by Crippen LogP contribution is 2.34. The van der Waals surface area contributed by atoms with Gasteiger partial charge in [0.05, 0.1) is 26.4 Å². The molecule has 0 aromatic heterocycles. The van der Waals surface area contributed by atoms with Gasteiger partial charge in [-0.15, -0.1) is 0 Å². The maximum Gasteiger partial charge on any atom is 0.198 e. The van der Waals surface area contributed by atoms with E-state index in [0.717, 1.165) is 22.3 Å². The van der Waals surface area contributed by atoms with Gasteiger partial charge in [0.25, 0.3) is 0 Å². The molecule has 0 unspecified atom stereocenters.